The topological polar surface area (TPSA) is 43.4 Å². The van der Waals surface area contributed by atoms with Crippen LogP contribution in [0.1, 0.15) is 31.0 Å². The maximum atomic E-state index is 5.85. The van der Waals surface area contributed by atoms with Gasteiger partial charge in [0.25, 0.3) is 0 Å². The Balaban J connectivity index is 1.49. The third-order valence-electron chi connectivity index (χ3n) is 4.61. The molecule has 1 aliphatic heterocycles. The Hall–Kier alpha value is -1.91. The highest BCUT2D eigenvalue weighted by atomic mass is 16.5. The molecule has 1 saturated heterocycles. The van der Waals surface area contributed by atoms with Crippen LogP contribution >= 0.6 is 0 Å². The molecule has 1 fully saturated rings. The van der Waals surface area contributed by atoms with Gasteiger partial charge in [-0.25, -0.2) is 0 Å². The van der Waals surface area contributed by atoms with Gasteiger partial charge in [-0.2, -0.15) is 0 Å². The van der Waals surface area contributed by atoms with Gasteiger partial charge in [0.2, 0.25) is 0 Å². The van der Waals surface area contributed by atoms with Crippen molar-refractivity contribution in [2.45, 2.75) is 39.0 Å². The van der Waals surface area contributed by atoms with Gasteiger partial charge in [0.1, 0.15) is 12.4 Å². The van der Waals surface area contributed by atoms with E-state index in [1.54, 1.807) is 6.20 Å². The molecule has 24 heavy (non-hydrogen) atoms. The van der Waals surface area contributed by atoms with Crippen molar-refractivity contribution in [1.82, 2.24) is 10.3 Å². The number of hydrogen-bond donors (Lipinski definition) is 1. The van der Waals surface area contributed by atoms with Crippen LogP contribution in [-0.4, -0.2) is 24.2 Å². The highest BCUT2D eigenvalue weighted by molar-refractivity contribution is 5.28. The van der Waals surface area contributed by atoms with Gasteiger partial charge in [0.05, 0.1) is 5.69 Å². The van der Waals surface area contributed by atoms with Crippen molar-refractivity contribution in [3.63, 3.8) is 0 Å². The molecular formula is C20H26N2O2. The van der Waals surface area contributed by atoms with Crippen molar-refractivity contribution in [3.05, 3.63) is 59.9 Å². The number of nitrogens with zero attached hydrogens (tertiary/aromatic N) is 1. The van der Waals surface area contributed by atoms with E-state index in [0.717, 1.165) is 44.0 Å². The fourth-order valence-electron chi connectivity index (χ4n) is 3.05. The molecule has 1 atom stereocenters. The summed E-state index contributed by atoms with van der Waals surface area (Å²) in [7, 11) is 0. The van der Waals surface area contributed by atoms with Crippen LogP contribution in [0.2, 0.25) is 0 Å². The summed E-state index contributed by atoms with van der Waals surface area (Å²) in [5, 5.41) is 3.65. The van der Waals surface area contributed by atoms with E-state index in [-0.39, 0.29) is 0 Å². The second-order valence-electron chi connectivity index (χ2n) is 6.38. The maximum absolute atomic E-state index is 5.85. The van der Waals surface area contributed by atoms with Gasteiger partial charge < -0.3 is 14.8 Å². The van der Waals surface area contributed by atoms with Gasteiger partial charge in [-0.15, -0.1) is 0 Å². The Bertz CT molecular complexity index is 612. The molecule has 1 aromatic heterocycles. The SMILES string of the molecule is C[C@@H](NCc1cccc(OCc2ccccn2)c1)C1CCOCC1. The van der Waals surface area contributed by atoms with Crippen LogP contribution < -0.4 is 10.1 Å². The summed E-state index contributed by atoms with van der Waals surface area (Å²) in [5.74, 6) is 1.60. The molecule has 0 amide bonds. The lowest BCUT2D eigenvalue weighted by atomic mass is 9.93. The van der Waals surface area contributed by atoms with Crippen LogP contribution in [0.3, 0.4) is 0 Å². The molecule has 0 radical (unpaired) electrons. The molecular weight excluding hydrogens is 300 g/mol. The van der Waals surface area contributed by atoms with Crippen molar-refractivity contribution in [2.24, 2.45) is 5.92 Å². The average molecular weight is 326 g/mol. The minimum atomic E-state index is 0.496. The summed E-state index contributed by atoms with van der Waals surface area (Å²) in [6.07, 6.45) is 4.10. The molecule has 0 unspecified atom stereocenters. The van der Waals surface area contributed by atoms with E-state index in [1.807, 2.05) is 30.3 Å². The molecule has 0 saturated carbocycles. The second kappa shape index (κ2) is 8.81. The summed E-state index contributed by atoms with van der Waals surface area (Å²) in [6.45, 7) is 5.42. The quantitative estimate of drug-likeness (QED) is 0.845. The number of aromatic nitrogens is 1. The van der Waals surface area contributed by atoms with Crippen LogP contribution in [0.5, 0.6) is 5.75 Å². The molecule has 2 heterocycles. The Morgan fingerprint density at radius 1 is 1.21 bits per heavy atom. The van der Waals surface area contributed by atoms with Crippen molar-refractivity contribution in [2.75, 3.05) is 13.2 Å². The first-order chi connectivity index (χ1) is 11.8. The lowest BCUT2D eigenvalue weighted by Crippen LogP contribution is -2.36. The van der Waals surface area contributed by atoms with Crippen molar-refractivity contribution in [1.29, 1.82) is 0 Å². The monoisotopic (exact) mass is 326 g/mol. The van der Waals surface area contributed by atoms with E-state index in [1.165, 1.54) is 5.56 Å². The molecule has 1 aromatic carbocycles. The molecule has 1 aliphatic rings. The molecule has 0 bridgehead atoms. The van der Waals surface area contributed by atoms with Crippen LogP contribution in [0.15, 0.2) is 48.7 Å². The first kappa shape index (κ1) is 16.9. The second-order valence-corrected chi connectivity index (χ2v) is 6.38. The molecule has 4 nitrogen and oxygen atoms in total. The highest BCUT2D eigenvalue weighted by Gasteiger charge is 2.19. The zero-order valence-electron chi connectivity index (χ0n) is 14.3. The molecule has 0 spiro atoms. The summed E-state index contributed by atoms with van der Waals surface area (Å²) in [4.78, 5) is 4.28. The maximum Gasteiger partial charge on any atom is 0.130 e. The van der Waals surface area contributed by atoms with Crippen LogP contribution in [-0.2, 0) is 17.9 Å². The van der Waals surface area contributed by atoms with Crippen molar-refractivity contribution >= 4 is 0 Å². The van der Waals surface area contributed by atoms with Gasteiger partial charge in [0.15, 0.2) is 0 Å². The van der Waals surface area contributed by atoms with Crippen molar-refractivity contribution < 1.29 is 9.47 Å². The lowest BCUT2D eigenvalue weighted by Gasteiger charge is -2.28. The minimum absolute atomic E-state index is 0.496. The molecule has 2 aromatic rings. The highest BCUT2D eigenvalue weighted by Crippen LogP contribution is 2.19. The van der Waals surface area contributed by atoms with Gasteiger partial charge in [-0.1, -0.05) is 18.2 Å². The molecule has 1 N–H and O–H groups in total. The third kappa shape index (κ3) is 5.05. The average Bonchev–Trinajstić information content (AvgIpc) is 2.66. The van der Waals surface area contributed by atoms with E-state index in [0.29, 0.717) is 18.6 Å². The molecule has 128 valence electrons. The summed E-state index contributed by atoms with van der Waals surface area (Å²) in [6, 6.07) is 14.6. The van der Waals surface area contributed by atoms with Gasteiger partial charge >= 0.3 is 0 Å². The zero-order chi connectivity index (χ0) is 16.6. The van der Waals surface area contributed by atoms with Gasteiger partial charge in [-0.3, -0.25) is 4.98 Å². The molecule has 3 rings (SSSR count). The summed E-state index contributed by atoms with van der Waals surface area (Å²) >= 11 is 0. The normalized spacial score (nSPS) is 16.7. The zero-order valence-corrected chi connectivity index (χ0v) is 14.3. The minimum Gasteiger partial charge on any atom is -0.487 e. The van der Waals surface area contributed by atoms with Gasteiger partial charge in [-0.05, 0) is 55.5 Å². The standard InChI is InChI=1S/C20H26N2O2/c1-16(18-8-11-23-12-9-18)22-14-17-5-4-7-20(13-17)24-15-19-6-2-3-10-21-19/h2-7,10,13,16,18,22H,8-9,11-12,14-15H2,1H3/t16-/m1/s1. The Morgan fingerprint density at radius 2 is 2.08 bits per heavy atom. The fraction of sp³-hybridized carbons (Fsp3) is 0.450. The fourth-order valence-corrected chi connectivity index (χ4v) is 3.05. The van der Waals surface area contributed by atoms with E-state index in [2.05, 4.69) is 29.4 Å². The third-order valence-corrected chi connectivity index (χ3v) is 4.61. The molecule has 0 aliphatic carbocycles. The first-order valence-corrected chi connectivity index (χ1v) is 8.74. The van der Waals surface area contributed by atoms with E-state index in [4.69, 9.17) is 9.47 Å². The van der Waals surface area contributed by atoms with Gasteiger partial charge in [0, 0.05) is 32.0 Å². The predicted molar refractivity (Wildman–Crippen MR) is 94.9 cm³/mol. The Morgan fingerprint density at radius 3 is 2.88 bits per heavy atom. The Kier molecular flexibility index (Phi) is 6.21. The Labute approximate surface area is 144 Å². The number of pyridine rings is 1. The smallest absolute Gasteiger partial charge is 0.130 e. The largest absolute Gasteiger partial charge is 0.487 e. The van der Waals surface area contributed by atoms with Crippen LogP contribution in [0.25, 0.3) is 0 Å². The lowest BCUT2D eigenvalue weighted by molar-refractivity contribution is 0.0558. The summed E-state index contributed by atoms with van der Waals surface area (Å²) < 4.78 is 11.3. The number of nitrogens with one attached hydrogen (secondary N) is 1. The number of ether oxygens (including phenoxy) is 2. The number of benzene rings is 1. The van der Waals surface area contributed by atoms with Crippen molar-refractivity contribution in [3.8, 4) is 5.75 Å². The van der Waals surface area contributed by atoms with Crippen LogP contribution in [0, 0.1) is 5.92 Å². The first-order valence-electron chi connectivity index (χ1n) is 8.74. The van der Waals surface area contributed by atoms with E-state index >= 15 is 0 Å². The summed E-state index contributed by atoms with van der Waals surface area (Å²) in [5.41, 5.74) is 2.18. The number of rotatable bonds is 7. The van der Waals surface area contributed by atoms with E-state index < -0.39 is 0 Å². The predicted octanol–water partition coefficient (Wildman–Crippen LogP) is 3.57. The van der Waals surface area contributed by atoms with Crippen LogP contribution in [0.4, 0.5) is 0 Å². The number of hydrogen-bond acceptors (Lipinski definition) is 4. The molecule has 4 heteroatoms. The van der Waals surface area contributed by atoms with E-state index in [9.17, 15) is 0 Å².